The first-order chi connectivity index (χ1) is 13.2. The second-order valence-corrected chi connectivity index (χ2v) is 7.56. The molecule has 10 heteroatoms. The number of hydrogen-bond donors (Lipinski definition) is 1. The molecule has 2 aromatic rings. The maximum Gasteiger partial charge on any atom is 0.272 e. The number of carbonyl (C=O) groups excluding carboxylic acids is 2. The number of nitrogens with one attached hydrogen (secondary N) is 1. The molecule has 0 bridgehead atoms. The molecule has 1 aliphatic carbocycles. The third kappa shape index (κ3) is 3.08. The van der Waals surface area contributed by atoms with Gasteiger partial charge in [-0.2, -0.15) is 5.10 Å². The van der Waals surface area contributed by atoms with Crippen molar-refractivity contribution in [2.24, 2.45) is 0 Å². The molecule has 1 fully saturated rings. The Hall–Kier alpha value is -2.78. The minimum Gasteiger partial charge on any atom is -0.348 e. The van der Waals surface area contributed by atoms with E-state index in [1.807, 2.05) is 9.58 Å². The van der Waals surface area contributed by atoms with Crippen LogP contribution in [0.3, 0.4) is 0 Å². The lowest BCUT2D eigenvalue weighted by Gasteiger charge is -2.30. The SMILES string of the molecule is O=C(NC1CC1)c1cc2n(n1)CCN(C(=O)[C@H]1CCCCn3nnnc31)C2. The van der Waals surface area contributed by atoms with Crippen LogP contribution in [0.5, 0.6) is 0 Å². The highest BCUT2D eigenvalue weighted by atomic mass is 16.2. The van der Waals surface area contributed by atoms with Crippen molar-refractivity contribution in [1.82, 2.24) is 40.2 Å². The van der Waals surface area contributed by atoms with Crippen molar-refractivity contribution in [2.75, 3.05) is 6.54 Å². The van der Waals surface area contributed by atoms with E-state index in [0.29, 0.717) is 37.2 Å². The number of hydrogen-bond acceptors (Lipinski definition) is 6. The van der Waals surface area contributed by atoms with Gasteiger partial charge in [0, 0.05) is 19.1 Å². The minimum atomic E-state index is -0.297. The maximum absolute atomic E-state index is 13.2. The fourth-order valence-electron chi connectivity index (χ4n) is 3.87. The van der Waals surface area contributed by atoms with E-state index in [2.05, 4.69) is 25.9 Å². The van der Waals surface area contributed by atoms with Crippen LogP contribution in [-0.2, 0) is 24.4 Å². The molecular formula is C17H22N8O2. The number of carbonyl (C=O) groups is 2. The summed E-state index contributed by atoms with van der Waals surface area (Å²) in [6.07, 6.45) is 4.81. The molecule has 0 radical (unpaired) electrons. The van der Waals surface area contributed by atoms with Crippen molar-refractivity contribution in [3.05, 3.63) is 23.3 Å². The first kappa shape index (κ1) is 16.4. The molecule has 1 N–H and O–H groups in total. The zero-order chi connectivity index (χ0) is 18.4. The van der Waals surface area contributed by atoms with Crippen molar-refractivity contribution in [3.63, 3.8) is 0 Å². The highest BCUT2D eigenvalue weighted by Gasteiger charge is 2.34. The molecule has 5 rings (SSSR count). The van der Waals surface area contributed by atoms with Crippen LogP contribution in [0, 0.1) is 0 Å². The first-order valence-corrected chi connectivity index (χ1v) is 9.61. The van der Waals surface area contributed by atoms with Gasteiger partial charge in [-0.25, -0.2) is 4.68 Å². The highest BCUT2D eigenvalue weighted by Crippen LogP contribution is 2.28. The van der Waals surface area contributed by atoms with Crippen LogP contribution < -0.4 is 5.32 Å². The van der Waals surface area contributed by atoms with Gasteiger partial charge in [0.2, 0.25) is 5.91 Å². The van der Waals surface area contributed by atoms with Crippen LogP contribution in [0.15, 0.2) is 6.07 Å². The Labute approximate surface area is 155 Å². The number of tetrazole rings is 1. The second-order valence-electron chi connectivity index (χ2n) is 7.56. The predicted molar refractivity (Wildman–Crippen MR) is 92.5 cm³/mol. The Morgan fingerprint density at radius 1 is 1.07 bits per heavy atom. The number of aromatic nitrogens is 6. The highest BCUT2D eigenvalue weighted by molar-refractivity contribution is 5.92. The van der Waals surface area contributed by atoms with E-state index < -0.39 is 0 Å². The summed E-state index contributed by atoms with van der Waals surface area (Å²) >= 11 is 0. The zero-order valence-corrected chi connectivity index (χ0v) is 15.0. The zero-order valence-electron chi connectivity index (χ0n) is 15.0. The standard InChI is InChI=1S/C17H22N8O2/c26-16(18-11-4-5-11)14-9-12-10-23(7-8-24(12)20-14)17(27)13-3-1-2-6-25-15(13)19-21-22-25/h9,11,13H,1-8,10H2,(H,18,26)/t13-/m0/s1. The lowest BCUT2D eigenvalue weighted by Crippen LogP contribution is -2.41. The largest absolute Gasteiger partial charge is 0.348 e. The lowest BCUT2D eigenvalue weighted by molar-refractivity contribution is -0.134. The quantitative estimate of drug-likeness (QED) is 0.819. The van der Waals surface area contributed by atoms with E-state index in [1.54, 1.807) is 10.7 Å². The Balaban J connectivity index is 1.32. The summed E-state index contributed by atoms with van der Waals surface area (Å²) in [4.78, 5) is 27.2. The lowest BCUT2D eigenvalue weighted by atomic mass is 10.0. The number of amides is 2. The van der Waals surface area contributed by atoms with Crippen LogP contribution in [-0.4, -0.2) is 59.3 Å². The fourth-order valence-corrected chi connectivity index (χ4v) is 3.87. The Bertz CT molecular complexity index is 883. The number of fused-ring (bicyclic) bond motifs is 2. The summed E-state index contributed by atoms with van der Waals surface area (Å²) in [6, 6.07) is 2.10. The van der Waals surface area contributed by atoms with Crippen molar-refractivity contribution < 1.29 is 9.59 Å². The summed E-state index contributed by atoms with van der Waals surface area (Å²) in [5.41, 5.74) is 1.33. The van der Waals surface area contributed by atoms with E-state index in [1.165, 1.54) is 0 Å². The third-order valence-electron chi connectivity index (χ3n) is 5.54. The second kappa shape index (κ2) is 6.43. The molecule has 10 nitrogen and oxygen atoms in total. The molecule has 142 valence electrons. The molecule has 1 atom stereocenters. The average Bonchev–Trinajstić information content (AvgIpc) is 3.26. The molecule has 0 spiro atoms. The molecule has 4 heterocycles. The molecule has 0 saturated heterocycles. The molecule has 0 aromatic carbocycles. The van der Waals surface area contributed by atoms with E-state index >= 15 is 0 Å². The summed E-state index contributed by atoms with van der Waals surface area (Å²) in [7, 11) is 0. The maximum atomic E-state index is 13.2. The van der Waals surface area contributed by atoms with Gasteiger partial charge in [0.1, 0.15) is 0 Å². The summed E-state index contributed by atoms with van der Waals surface area (Å²) < 4.78 is 3.59. The van der Waals surface area contributed by atoms with Crippen LogP contribution in [0.1, 0.15) is 60.0 Å². The van der Waals surface area contributed by atoms with Gasteiger partial charge in [-0.15, -0.1) is 5.10 Å². The number of rotatable bonds is 3. The van der Waals surface area contributed by atoms with Gasteiger partial charge in [0.25, 0.3) is 5.91 Å². The molecular weight excluding hydrogens is 348 g/mol. The van der Waals surface area contributed by atoms with Gasteiger partial charge in [-0.05, 0) is 42.2 Å². The molecule has 27 heavy (non-hydrogen) atoms. The smallest absolute Gasteiger partial charge is 0.272 e. The first-order valence-electron chi connectivity index (χ1n) is 9.61. The van der Waals surface area contributed by atoms with E-state index in [4.69, 9.17) is 0 Å². The van der Waals surface area contributed by atoms with Crippen molar-refractivity contribution >= 4 is 11.8 Å². The van der Waals surface area contributed by atoms with E-state index in [9.17, 15) is 9.59 Å². The molecule has 2 aromatic heterocycles. The fraction of sp³-hybridized carbons (Fsp3) is 0.647. The molecule has 3 aliphatic rings. The third-order valence-corrected chi connectivity index (χ3v) is 5.54. The van der Waals surface area contributed by atoms with Gasteiger partial charge in [0.15, 0.2) is 11.5 Å². The Kier molecular flexibility index (Phi) is 3.91. The topological polar surface area (TPSA) is 111 Å². The molecule has 0 unspecified atom stereocenters. The van der Waals surface area contributed by atoms with Gasteiger partial charge in [-0.1, -0.05) is 6.42 Å². The molecule has 2 amide bonds. The Morgan fingerprint density at radius 2 is 1.96 bits per heavy atom. The monoisotopic (exact) mass is 370 g/mol. The van der Waals surface area contributed by atoms with Crippen LogP contribution in [0.25, 0.3) is 0 Å². The summed E-state index contributed by atoms with van der Waals surface area (Å²) in [5.74, 6) is 0.306. The van der Waals surface area contributed by atoms with Crippen LogP contribution in [0.4, 0.5) is 0 Å². The predicted octanol–water partition coefficient (Wildman–Crippen LogP) is 0.0717. The number of aryl methyl sites for hydroxylation is 1. The van der Waals surface area contributed by atoms with Gasteiger partial charge >= 0.3 is 0 Å². The molecule has 2 aliphatic heterocycles. The van der Waals surface area contributed by atoms with Crippen molar-refractivity contribution in [3.8, 4) is 0 Å². The van der Waals surface area contributed by atoms with Crippen molar-refractivity contribution in [1.29, 1.82) is 0 Å². The molecule has 1 saturated carbocycles. The normalized spacial score (nSPS) is 21.9. The van der Waals surface area contributed by atoms with Crippen LogP contribution in [0.2, 0.25) is 0 Å². The minimum absolute atomic E-state index is 0.0596. The van der Waals surface area contributed by atoms with E-state index in [-0.39, 0.29) is 17.7 Å². The van der Waals surface area contributed by atoms with Gasteiger partial charge in [-0.3, -0.25) is 14.3 Å². The number of nitrogens with zero attached hydrogens (tertiary/aromatic N) is 7. The van der Waals surface area contributed by atoms with Gasteiger partial charge in [0.05, 0.1) is 24.7 Å². The average molecular weight is 370 g/mol. The summed E-state index contributed by atoms with van der Waals surface area (Å²) in [5, 5.41) is 19.2. The van der Waals surface area contributed by atoms with Crippen molar-refractivity contribution in [2.45, 2.75) is 63.7 Å². The van der Waals surface area contributed by atoms with Crippen LogP contribution >= 0.6 is 0 Å². The van der Waals surface area contributed by atoms with Gasteiger partial charge < -0.3 is 10.2 Å². The Morgan fingerprint density at radius 3 is 2.81 bits per heavy atom. The van der Waals surface area contributed by atoms with E-state index in [0.717, 1.165) is 44.3 Å². The summed E-state index contributed by atoms with van der Waals surface area (Å²) in [6.45, 7) is 2.39.